The van der Waals surface area contributed by atoms with Crippen LogP contribution in [0.25, 0.3) is 65.7 Å². The van der Waals surface area contributed by atoms with Crippen molar-refractivity contribution in [2.75, 3.05) is 0 Å². The van der Waals surface area contributed by atoms with Crippen molar-refractivity contribution in [1.82, 2.24) is 0 Å². The first-order chi connectivity index (χ1) is 19.0. The van der Waals surface area contributed by atoms with E-state index in [1.807, 2.05) is 24.3 Å². The summed E-state index contributed by atoms with van der Waals surface area (Å²) in [6.07, 6.45) is 0. The van der Waals surface area contributed by atoms with Gasteiger partial charge in [-0.3, -0.25) is 4.79 Å². The summed E-state index contributed by atoms with van der Waals surface area (Å²) >= 11 is 0. The third-order valence-electron chi connectivity index (χ3n) is 7.29. The minimum absolute atomic E-state index is 0.0299. The van der Waals surface area contributed by atoms with E-state index >= 15 is 0 Å². The molecular formula is C33H20O6. The molecule has 1 heterocycles. The molecule has 0 aliphatic heterocycles. The van der Waals surface area contributed by atoms with Crippen LogP contribution in [0.1, 0.15) is 0 Å². The van der Waals surface area contributed by atoms with Gasteiger partial charge in [0.1, 0.15) is 34.0 Å². The second kappa shape index (κ2) is 8.26. The molecule has 0 saturated carbocycles. The maximum Gasteiger partial charge on any atom is 0.204 e. The Morgan fingerprint density at radius 2 is 1.00 bits per heavy atom. The van der Waals surface area contributed by atoms with E-state index in [0.717, 1.165) is 10.8 Å². The highest BCUT2D eigenvalue weighted by Gasteiger charge is 2.30. The molecule has 0 fully saturated rings. The monoisotopic (exact) mass is 512 g/mol. The zero-order chi connectivity index (χ0) is 26.8. The van der Waals surface area contributed by atoms with E-state index < -0.39 is 16.9 Å². The van der Waals surface area contributed by atoms with Gasteiger partial charge in [-0.15, -0.1) is 0 Å². The molecule has 0 radical (unpaired) electrons. The standard InChI is InChI=1S/C33H20O6/c34-22-15-13-17-7-1-3-9-19(17)25(22)27-31(37)28(26-20-10-4-2-8-18(20)14-16-23(26)35)33-29(32(27)38)30(36)21-11-5-6-12-24(21)39-33/h1-16,34-35,37-38H. The van der Waals surface area contributed by atoms with Crippen molar-refractivity contribution in [2.45, 2.75) is 0 Å². The van der Waals surface area contributed by atoms with Crippen LogP contribution in [0.3, 0.4) is 0 Å². The van der Waals surface area contributed by atoms with Gasteiger partial charge in [0.05, 0.1) is 16.5 Å². The fourth-order valence-electron chi connectivity index (χ4n) is 5.52. The van der Waals surface area contributed by atoms with Gasteiger partial charge in [0.15, 0.2) is 5.58 Å². The highest BCUT2D eigenvalue weighted by molar-refractivity contribution is 6.16. The lowest BCUT2D eigenvalue weighted by Gasteiger charge is -2.19. The van der Waals surface area contributed by atoms with Gasteiger partial charge < -0.3 is 24.8 Å². The van der Waals surface area contributed by atoms with Gasteiger partial charge in [-0.25, -0.2) is 0 Å². The molecule has 0 atom stereocenters. The summed E-state index contributed by atoms with van der Waals surface area (Å²) in [7, 11) is 0. The van der Waals surface area contributed by atoms with Crippen LogP contribution in [0.5, 0.6) is 23.0 Å². The largest absolute Gasteiger partial charge is 0.507 e. The third kappa shape index (κ3) is 3.18. The molecule has 6 heteroatoms. The summed E-state index contributed by atoms with van der Waals surface area (Å²) in [4.78, 5) is 13.9. The third-order valence-corrected chi connectivity index (χ3v) is 7.29. The van der Waals surface area contributed by atoms with E-state index in [0.29, 0.717) is 10.8 Å². The summed E-state index contributed by atoms with van der Waals surface area (Å²) < 4.78 is 6.19. The molecule has 6 aromatic carbocycles. The molecule has 39 heavy (non-hydrogen) atoms. The molecule has 0 unspecified atom stereocenters. The van der Waals surface area contributed by atoms with Crippen molar-refractivity contribution in [3.8, 4) is 45.3 Å². The summed E-state index contributed by atoms with van der Waals surface area (Å²) in [5.74, 6) is -1.33. The number of phenols is 4. The maximum atomic E-state index is 13.9. The van der Waals surface area contributed by atoms with Gasteiger partial charge in [-0.2, -0.15) is 0 Å². The molecule has 7 aromatic rings. The average molecular weight is 513 g/mol. The normalized spacial score (nSPS) is 11.6. The number of rotatable bonds is 2. The summed E-state index contributed by atoms with van der Waals surface area (Å²) in [6, 6.07) is 27.6. The van der Waals surface area contributed by atoms with Crippen molar-refractivity contribution in [1.29, 1.82) is 0 Å². The van der Waals surface area contributed by atoms with Gasteiger partial charge >= 0.3 is 0 Å². The quantitative estimate of drug-likeness (QED) is 0.180. The second-order valence-corrected chi connectivity index (χ2v) is 9.44. The Balaban J connectivity index is 1.78. The lowest BCUT2D eigenvalue weighted by Crippen LogP contribution is -2.04. The zero-order valence-electron chi connectivity index (χ0n) is 20.3. The van der Waals surface area contributed by atoms with E-state index in [2.05, 4.69) is 0 Å². The highest BCUT2D eigenvalue weighted by atomic mass is 16.3. The maximum absolute atomic E-state index is 13.9. The Hall–Kier alpha value is -5.49. The first-order valence-electron chi connectivity index (χ1n) is 12.3. The Kier molecular flexibility index (Phi) is 4.81. The molecule has 4 N–H and O–H groups in total. The van der Waals surface area contributed by atoms with Crippen molar-refractivity contribution in [3.05, 3.63) is 107 Å². The number of para-hydroxylation sites is 1. The van der Waals surface area contributed by atoms with Gasteiger partial charge in [-0.05, 0) is 45.8 Å². The Morgan fingerprint density at radius 1 is 0.487 bits per heavy atom. The lowest BCUT2D eigenvalue weighted by molar-refractivity contribution is 0.452. The predicted octanol–water partition coefficient (Wildman–Crippen LogP) is 7.41. The van der Waals surface area contributed by atoms with Crippen LogP contribution in [0.15, 0.2) is 106 Å². The minimum atomic E-state index is -0.530. The van der Waals surface area contributed by atoms with E-state index in [-0.39, 0.29) is 55.7 Å². The summed E-state index contributed by atoms with van der Waals surface area (Å²) in [5, 5.41) is 48.6. The van der Waals surface area contributed by atoms with Crippen LogP contribution < -0.4 is 5.43 Å². The number of hydrogen-bond acceptors (Lipinski definition) is 6. The molecule has 7 rings (SSSR count). The summed E-state index contributed by atoms with van der Waals surface area (Å²) in [6.45, 7) is 0. The SMILES string of the molecule is O=c1c2ccccc2oc2c(-c3c(O)ccc4ccccc34)c(O)c(-c3c(O)ccc4ccccc34)c(O)c12. The first-order valence-corrected chi connectivity index (χ1v) is 12.3. The van der Waals surface area contributed by atoms with Crippen molar-refractivity contribution in [3.63, 3.8) is 0 Å². The van der Waals surface area contributed by atoms with Crippen LogP contribution in [-0.2, 0) is 0 Å². The minimum Gasteiger partial charge on any atom is -0.507 e. The first kappa shape index (κ1) is 22.7. The molecule has 6 nitrogen and oxygen atoms in total. The van der Waals surface area contributed by atoms with E-state index in [1.165, 1.54) is 12.1 Å². The smallest absolute Gasteiger partial charge is 0.204 e. The molecule has 0 aliphatic carbocycles. The van der Waals surface area contributed by atoms with Gasteiger partial charge in [0, 0.05) is 11.1 Å². The number of benzene rings is 6. The van der Waals surface area contributed by atoms with E-state index in [1.54, 1.807) is 60.7 Å². The van der Waals surface area contributed by atoms with Crippen LogP contribution in [0.4, 0.5) is 0 Å². The molecule has 0 saturated heterocycles. The molecule has 188 valence electrons. The molecule has 0 bridgehead atoms. The molecule has 0 spiro atoms. The van der Waals surface area contributed by atoms with Crippen LogP contribution in [0, 0.1) is 0 Å². The van der Waals surface area contributed by atoms with Gasteiger partial charge in [0.2, 0.25) is 5.43 Å². The molecule has 0 aliphatic rings. The van der Waals surface area contributed by atoms with Gasteiger partial charge in [0.25, 0.3) is 0 Å². The van der Waals surface area contributed by atoms with Crippen molar-refractivity contribution in [2.24, 2.45) is 0 Å². The topological polar surface area (TPSA) is 111 Å². The fourth-order valence-corrected chi connectivity index (χ4v) is 5.52. The van der Waals surface area contributed by atoms with Crippen molar-refractivity contribution >= 4 is 43.5 Å². The van der Waals surface area contributed by atoms with Gasteiger partial charge in [-0.1, -0.05) is 72.8 Å². The van der Waals surface area contributed by atoms with E-state index in [9.17, 15) is 25.2 Å². The van der Waals surface area contributed by atoms with Crippen molar-refractivity contribution < 1.29 is 24.8 Å². The molecule has 1 aromatic heterocycles. The van der Waals surface area contributed by atoms with E-state index in [4.69, 9.17) is 4.42 Å². The number of hydrogen-bond donors (Lipinski definition) is 4. The number of fused-ring (bicyclic) bond motifs is 4. The number of aromatic hydroxyl groups is 4. The second-order valence-electron chi connectivity index (χ2n) is 9.44. The number of phenolic OH excluding ortho intramolecular Hbond substituents is 4. The fraction of sp³-hybridized carbons (Fsp3) is 0. The zero-order valence-corrected chi connectivity index (χ0v) is 20.3. The van der Waals surface area contributed by atoms with Crippen LogP contribution in [0.2, 0.25) is 0 Å². The lowest BCUT2D eigenvalue weighted by atomic mass is 9.88. The Labute approximate surface area is 220 Å². The van der Waals surface area contributed by atoms with Crippen LogP contribution in [-0.4, -0.2) is 20.4 Å². The average Bonchev–Trinajstić information content (AvgIpc) is 2.95. The summed E-state index contributed by atoms with van der Waals surface area (Å²) in [5.41, 5.74) is -0.0526. The molecular weight excluding hydrogens is 492 g/mol. The highest BCUT2D eigenvalue weighted by Crippen LogP contribution is 2.55. The molecule has 0 amide bonds. The predicted molar refractivity (Wildman–Crippen MR) is 153 cm³/mol. The Morgan fingerprint density at radius 3 is 1.62 bits per heavy atom. The Bertz CT molecular complexity index is 2190. The van der Waals surface area contributed by atoms with Crippen LogP contribution >= 0.6 is 0 Å².